The second-order valence-corrected chi connectivity index (χ2v) is 6.65. The van der Waals surface area contributed by atoms with Crippen LogP contribution in [0.4, 0.5) is 0 Å². The maximum absolute atomic E-state index is 10.5. The van der Waals surface area contributed by atoms with Crippen LogP contribution in [0.2, 0.25) is 0 Å². The highest BCUT2D eigenvalue weighted by Crippen LogP contribution is 2.23. The summed E-state index contributed by atoms with van der Waals surface area (Å²) >= 11 is 0. The van der Waals surface area contributed by atoms with Crippen LogP contribution in [0.25, 0.3) is 0 Å². The summed E-state index contributed by atoms with van der Waals surface area (Å²) in [7, 11) is 0. The zero-order chi connectivity index (χ0) is 15.2. The van der Waals surface area contributed by atoms with Crippen molar-refractivity contribution >= 4 is 5.97 Å². The predicted molar refractivity (Wildman–Crippen MR) is 82.5 cm³/mol. The molecule has 0 aromatic rings. The van der Waals surface area contributed by atoms with Crippen molar-refractivity contribution < 1.29 is 14.6 Å². The van der Waals surface area contributed by atoms with E-state index in [1.807, 2.05) is 0 Å². The summed E-state index contributed by atoms with van der Waals surface area (Å²) < 4.78 is 5.42. The van der Waals surface area contributed by atoms with Gasteiger partial charge in [-0.3, -0.25) is 0 Å². The molecule has 0 spiro atoms. The molecule has 2 aliphatic heterocycles. The lowest BCUT2D eigenvalue weighted by atomic mass is 10.0. The molecule has 21 heavy (non-hydrogen) atoms. The number of aliphatic carboxylic acids is 1. The van der Waals surface area contributed by atoms with Crippen LogP contribution in [-0.2, 0) is 9.53 Å². The second-order valence-electron chi connectivity index (χ2n) is 6.65. The molecule has 0 aromatic heterocycles. The fourth-order valence-corrected chi connectivity index (χ4v) is 3.58. The number of hydrogen-bond acceptors (Lipinski definition) is 4. The standard InChI is InChI=1S/C16H30N2O3/c1-13(2)17-8-3-4-14(5-9-17)18-10-6-15(7-11-18)21-12-16(19)20/h13-15H,3-12H2,1-2H3,(H,19,20). The lowest BCUT2D eigenvalue weighted by Crippen LogP contribution is -2.44. The Labute approximate surface area is 128 Å². The van der Waals surface area contributed by atoms with Gasteiger partial charge in [0.05, 0.1) is 6.10 Å². The van der Waals surface area contributed by atoms with Gasteiger partial charge in [0.2, 0.25) is 0 Å². The van der Waals surface area contributed by atoms with E-state index in [1.54, 1.807) is 0 Å². The van der Waals surface area contributed by atoms with Crippen molar-refractivity contribution in [2.45, 2.75) is 64.1 Å². The van der Waals surface area contributed by atoms with Crippen molar-refractivity contribution in [2.24, 2.45) is 0 Å². The van der Waals surface area contributed by atoms with E-state index in [0.717, 1.165) is 25.9 Å². The summed E-state index contributed by atoms with van der Waals surface area (Å²) in [4.78, 5) is 15.7. The Morgan fingerprint density at radius 2 is 1.86 bits per heavy atom. The van der Waals surface area contributed by atoms with Gasteiger partial charge in [0, 0.05) is 25.2 Å². The Balaban J connectivity index is 1.73. The summed E-state index contributed by atoms with van der Waals surface area (Å²) in [6, 6.07) is 1.35. The van der Waals surface area contributed by atoms with Crippen LogP contribution < -0.4 is 0 Å². The van der Waals surface area contributed by atoms with Crippen LogP contribution in [0.5, 0.6) is 0 Å². The normalized spacial score (nSPS) is 26.9. The van der Waals surface area contributed by atoms with Crippen molar-refractivity contribution in [1.29, 1.82) is 0 Å². The van der Waals surface area contributed by atoms with Crippen molar-refractivity contribution in [3.8, 4) is 0 Å². The molecule has 0 saturated carbocycles. The molecule has 0 aliphatic carbocycles. The van der Waals surface area contributed by atoms with Crippen molar-refractivity contribution in [3.63, 3.8) is 0 Å². The summed E-state index contributed by atoms with van der Waals surface area (Å²) in [6.45, 7) is 8.95. The maximum atomic E-state index is 10.5. The van der Waals surface area contributed by atoms with Gasteiger partial charge in [-0.25, -0.2) is 4.79 Å². The fourth-order valence-electron chi connectivity index (χ4n) is 3.58. The van der Waals surface area contributed by atoms with E-state index in [4.69, 9.17) is 9.84 Å². The van der Waals surface area contributed by atoms with Gasteiger partial charge in [-0.1, -0.05) is 0 Å². The Hall–Kier alpha value is -0.650. The number of carboxylic acids is 1. The maximum Gasteiger partial charge on any atom is 0.329 e. The van der Waals surface area contributed by atoms with E-state index >= 15 is 0 Å². The first-order valence-electron chi connectivity index (χ1n) is 8.37. The zero-order valence-corrected chi connectivity index (χ0v) is 13.5. The highest BCUT2D eigenvalue weighted by Gasteiger charge is 2.27. The Bertz CT molecular complexity index is 327. The smallest absolute Gasteiger partial charge is 0.329 e. The lowest BCUT2D eigenvalue weighted by Gasteiger charge is -2.37. The van der Waals surface area contributed by atoms with E-state index in [1.165, 1.54) is 32.4 Å². The minimum Gasteiger partial charge on any atom is -0.480 e. The van der Waals surface area contributed by atoms with Crippen LogP contribution in [0.3, 0.4) is 0 Å². The molecule has 2 rings (SSSR count). The molecule has 1 atom stereocenters. The monoisotopic (exact) mass is 298 g/mol. The van der Waals surface area contributed by atoms with Crippen LogP contribution in [0.1, 0.15) is 46.0 Å². The van der Waals surface area contributed by atoms with Crippen molar-refractivity contribution in [3.05, 3.63) is 0 Å². The predicted octanol–water partition coefficient (Wildman–Crippen LogP) is 1.81. The van der Waals surface area contributed by atoms with E-state index in [9.17, 15) is 4.79 Å². The van der Waals surface area contributed by atoms with Gasteiger partial charge in [0.1, 0.15) is 6.61 Å². The molecule has 2 heterocycles. The quantitative estimate of drug-likeness (QED) is 0.839. The zero-order valence-electron chi connectivity index (χ0n) is 13.5. The number of rotatable bonds is 5. The Morgan fingerprint density at radius 1 is 1.14 bits per heavy atom. The van der Waals surface area contributed by atoms with Gasteiger partial charge in [-0.2, -0.15) is 0 Å². The third kappa shape index (κ3) is 5.24. The second kappa shape index (κ2) is 8.11. The molecule has 1 unspecified atom stereocenters. The van der Waals surface area contributed by atoms with Crippen molar-refractivity contribution in [1.82, 2.24) is 9.80 Å². The molecule has 0 radical (unpaired) electrons. The van der Waals surface area contributed by atoms with E-state index < -0.39 is 5.97 Å². The molecule has 5 nitrogen and oxygen atoms in total. The first-order valence-corrected chi connectivity index (χ1v) is 8.37. The first kappa shape index (κ1) is 16.7. The number of nitrogens with zero attached hydrogens (tertiary/aromatic N) is 2. The van der Waals surface area contributed by atoms with Gasteiger partial charge >= 0.3 is 5.97 Å². The Kier molecular flexibility index (Phi) is 6.45. The summed E-state index contributed by atoms with van der Waals surface area (Å²) in [5.74, 6) is -0.866. The minimum atomic E-state index is -0.866. The number of piperidine rings is 1. The van der Waals surface area contributed by atoms with E-state index in [-0.39, 0.29) is 12.7 Å². The average Bonchev–Trinajstić information content (AvgIpc) is 2.71. The number of carbonyl (C=O) groups is 1. The van der Waals surface area contributed by atoms with Gasteiger partial charge < -0.3 is 19.6 Å². The van der Waals surface area contributed by atoms with Crippen molar-refractivity contribution in [2.75, 3.05) is 32.8 Å². The van der Waals surface area contributed by atoms with Crippen LogP contribution in [0.15, 0.2) is 0 Å². The minimum absolute atomic E-state index is 0.135. The highest BCUT2D eigenvalue weighted by molar-refractivity contribution is 5.68. The molecule has 0 aromatic carbocycles. The van der Waals surface area contributed by atoms with Crippen LogP contribution in [-0.4, -0.2) is 71.8 Å². The molecular formula is C16H30N2O3. The van der Waals surface area contributed by atoms with Gasteiger partial charge in [-0.15, -0.1) is 0 Å². The molecule has 1 N–H and O–H groups in total. The molecular weight excluding hydrogens is 268 g/mol. The van der Waals surface area contributed by atoms with Crippen LogP contribution in [0, 0.1) is 0 Å². The van der Waals surface area contributed by atoms with Gasteiger partial charge in [0.15, 0.2) is 0 Å². The number of hydrogen-bond donors (Lipinski definition) is 1. The largest absolute Gasteiger partial charge is 0.480 e. The number of carboxylic acid groups (broad SMARTS) is 1. The molecule has 0 amide bonds. The number of ether oxygens (including phenoxy) is 1. The lowest BCUT2D eigenvalue weighted by molar-refractivity contribution is -0.145. The Morgan fingerprint density at radius 3 is 2.48 bits per heavy atom. The molecule has 0 bridgehead atoms. The molecule has 122 valence electrons. The summed E-state index contributed by atoms with van der Waals surface area (Å²) in [5, 5.41) is 8.66. The third-order valence-electron chi connectivity index (χ3n) is 4.90. The number of likely N-dealkylation sites (tertiary alicyclic amines) is 2. The first-order chi connectivity index (χ1) is 10.1. The van der Waals surface area contributed by atoms with Gasteiger partial charge in [-0.05, 0) is 59.0 Å². The van der Waals surface area contributed by atoms with E-state index in [0.29, 0.717) is 12.1 Å². The third-order valence-corrected chi connectivity index (χ3v) is 4.90. The molecule has 5 heteroatoms. The topological polar surface area (TPSA) is 53.0 Å². The highest BCUT2D eigenvalue weighted by atomic mass is 16.5. The molecule has 2 saturated heterocycles. The molecule has 2 fully saturated rings. The van der Waals surface area contributed by atoms with E-state index in [2.05, 4.69) is 23.6 Å². The average molecular weight is 298 g/mol. The SMILES string of the molecule is CC(C)N1CCCC(N2CCC(OCC(=O)O)CC2)CC1. The van der Waals surface area contributed by atoms with Gasteiger partial charge in [0.25, 0.3) is 0 Å². The fraction of sp³-hybridized carbons (Fsp3) is 0.938. The summed E-state index contributed by atoms with van der Waals surface area (Å²) in [5.41, 5.74) is 0. The van der Waals surface area contributed by atoms with Crippen LogP contribution >= 0.6 is 0 Å². The summed E-state index contributed by atoms with van der Waals surface area (Å²) in [6.07, 6.45) is 5.92. The molecule has 2 aliphatic rings.